The van der Waals surface area contributed by atoms with Gasteiger partial charge in [0.05, 0.1) is 0 Å². The molecule has 0 fully saturated rings. The van der Waals surface area contributed by atoms with E-state index in [0.717, 1.165) is 18.6 Å². The van der Waals surface area contributed by atoms with Crippen LogP contribution in [-0.2, 0) is 0 Å². The quantitative estimate of drug-likeness (QED) is 0.758. The van der Waals surface area contributed by atoms with Crippen LogP contribution in [0.4, 0.5) is 0 Å². The molecule has 0 bridgehead atoms. The lowest BCUT2D eigenvalue weighted by atomic mass is 10.1. The normalized spacial score (nSPS) is 13.4. The number of aromatic nitrogens is 2. The molecule has 3 N–H and O–H groups in total. The van der Waals surface area contributed by atoms with Gasteiger partial charge < -0.3 is 10.2 Å². The summed E-state index contributed by atoms with van der Waals surface area (Å²) in [4.78, 5) is 0. The highest BCUT2D eigenvalue weighted by molar-refractivity contribution is 7.99. The molecule has 0 aromatic carbocycles. The van der Waals surface area contributed by atoms with Gasteiger partial charge in [0.25, 0.3) is 11.1 Å². The maximum atomic E-state index is 5.53. The molecule has 0 radical (unpaired) electrons. The highest BCUT2D eigenvalue weighted by Gasteiger charge is 2.18. The standard InChI is InChI=1S/C10H19N3OS/c1-4-5-15-10-13-12-9(14-10)8(11)6-7(2)3/h7-8H,4-6,11H2,1-3H3/p+1/t8-/m0/s1. The molecule has 15 heavy (non-hydrogen) atoms. The highest BCUT2D eigenvalue weighted by atomic mass is 32.2. The molecule has 1 atom stereocenters. The first kappa shape index (κ1) is 12.5. The fourth-order valence-electron chi connectivity index (χ4n) is 1.30. The van der Waals surface area contributed by atoms with Crippen molar-refractivity contribution < 1.29 is 10.2 Å². The summed E-state index contributed by atoms with van der Waals surface area (Å²) < 4.78 is 5.53. The van der Waals surface area contributed by atoms with Gasteiger partial charge in [0.15, 0.2) is 6.04 Å². The number of quaternary nitrogens is 1. The van der Waals surface area contributed by atoms with E-state index in [9.17, 15) is 0 Å². The molecule has 4 nitrogen and oxygen atoms in total. The zero-order valence-corrected chi connectivity index (χ0v) is 10.5. The second-order valence-electron chi connectivity index (χ2n) is 4.08. The Bertz CT molecular complexity index is 288. The van der Waals surface area contributed by atoms with Gasteiger partial charge in [0.1, 0.15) is 0 Å². The molecule has 0 aliphatic rings. The van der Waals surface area contributed by atoms with E-state index in [-0.39, 0.29) is 6.04 Å². The van der Waals surface area contributed by atoms with E-state index in [1.54, 1.807) is 11.8 Å². The second-order valence-corrected chi connectivity index (χ2v) is 5.13. The van der Waals surface area contributed by atoms with Crippen LogP contribution in [0.3, 0.4) is 0 Å². The summed E-state index contributed by atoms with van der Waals surface area (Å²) in [6, 6.07) is 0.119. The number of hydrogen-bond acceptors (Lipinski definition) is 4. The van der Waals surface area contributed by atoms with Crippen molar-refractivity contribution in [2.24, 2.45) is 5.92 Å². The number of nitrogens with zero attached hydrogens (tertiary/aromatic N) is 2. The largest absolute Gasteiger partial charge is 0.410 e. The average Bonchev–Trinajstić information content (AvgIpc) is 2.62. The van der Waals surface area contributed by atoms with Crippen LogP contribution < -0.4 is 5.73 Å². The predicted octanol–water partition coefficient (Wildman–Crippen LogP) is 1.90. The van der Waals surface area contributed by atoms with Crippen LogP contribution in [0.25, 0.3) is 0 Å². The van der Waals surface area contributed by atoms with Gasteiger partial charge in [-0.15, -0.1) is 10.2 Å². The molecule has 0 saturated heterocycles. The molecule has 0 unspecified atom stereocenters. The topological polar surface area (TPSA) is 66.6 Å². The van der Waals surface area contributed by atoms with Crippen molar-refractivity contribution in [2.75, 3.05) is 5.75 Å². The van der Waals surface area contributed by atoms with Crippen LogP contribution in [0.1, 0.15) is 45.5 Å². The van der Waals surface area contributed by atoms with E-state index in [1.807, 2.05) is 0 Å². The van der Waals surface area contributed by atoms with Crippen LogP contribution in [0.5, 0.6) is 0 Å². The second kappa shape index (κ2) is 6.12. The first-order chi connectivity index (χ1) is 7.13. The highest BCUT2D eigenvalue weighted by Crippen LogP contribution is 2.21. The molecular weight excluding hydrogens is 210 g/mol. The van der Waals surface area contributed by atoms with E-state index in [0.29, 0.717) is 17.0 Å². The third kappa shape index (κ3) is 4.22. The molecule has 0 amide bonds. The molecule has 0 aliphatic heterocycles. The van der Waals surface area contributed by atoms with Crippen LogP contribution in [0, 0.1) is 5.92 Å². The van der Waals surface area contributed by atoms with Gasteiger partial charge in [-0.05, 0) is 12.3 Å². The Hall–Kier alpha value is -0.550. The number of rotatable bonds is 6. The lowest BCUT2D eigenvalue weighted by Gasteiger charge is -2.05. The summed E-state index contributed by atoms with van der Waals surface area (Å²) in [6.45, 7) is 6.47. The smallest absolute Gasteiger partial charge is 0.276 e. The minimum Gasteiger partial charge on any atom is -0.410 e. The predicted molar refractivity (Wildman–Crippen MR) is 60.4 cm³/mol. The van der Waals surface area contributed by atoms with Gasteiger partial charge in [-0.3, -0.25) is 0 Å². The van der Waals surface area contributed by atoms with E-state index < -0.39 is 0 Å². The number of thioether (sulfide) groups is 1. The van der Waals surface area contributed by atoms with Gasteiger partial charge in [-0.2, -0.15) is 0 Å². The zero-order chi connectivity index (χ0) is 11.3. The summed E-state index contributed by atoms with van der Waals surface area (Å²) in [5.74, 6) is 2.29. The molecule has 1 aromatic heterocycles. The van der Waals surface area contributed by atoms with Gasteiger partial charge in [0, 0.05) is 12.2 Å². The molecule has 1 heterocycles. The van der Waals surface area contributed by atoms with Crippen LogP contribution in [-0.4, -0.2) is 16.0 Å². The molecular formula is C10H20N3OS+. The van der Waals surface area contributed by atoms with Gasteiger partial charge in [-0.25, -0.2) is 0 Å². The molecule has 86 valence electrons. The molecule has 0 aliphatic carbocycles. The van der Waals surface area contributed by atoms with Gasteiger partial charge in [-0.1, -0.05) is 32.5 Å². The first-order valence-corrected chi connectivity index (χ1v) is 6.41. The SMILES string of the molecule is CCCSc1nnc([C@@H]([NH3+])CC(C)C)o1. The zero-order valence-electron chi connectivity index (χ0n) is 9.69. The van der Waals surface area contributed by atoms with Gasteiger partial charge in [0.2, 0.25) is 0 Å². The number of hydrogen-bond donors (Lipinski definition) is 1. The van der Waals surface area contributed by atoms with E-state index >= 15 is 0 Å². The Morgan fingerprint density at radius 2 is 2.13 bits per heavy atom. The Labute approximate surface area is 95.0 Å². The van der Waals surface area contributed by atoms with Crippen molar-refractivity contribution in [1.29, 1.82) is 0 Å². The maximum absolute atomic E-state index is 5.53. The van der Waals surface area contributed by atoms with Gasteiger partial charge >= 0.3 is 0 Å². The van der Waals surface area contributed by atoms with E-state index in [2.05, 4.69) is 36.7 Å². The maximum Gasteiger partial charge on any atom is 0.276 e. The summed E-state index contributed by atoms with van der Waals surface area (Å²) in [6.07, 6.45) is 2.10. The minimum atomic E-state index is 0.119. The summed E-state index contributed by atoms with van der Waals surface area (Å²) in [7, 11) is 0. The Morgan fingerprint density at radius 1 is 1.40 bits per heavy atom. The Balaban J connectivity index is 2.51. The summed E-state index contributed by atoms with van der Waals surface area (Å²) >= 11 is 1.61. The monoisotopic (exact) mass is 230 g/mol. The van der Waals surface area contributed by atoms with Crippen molar-refractivity contribution in [3.63, 3.8) is 0 Å². The fraction of sp³-hybridized carbons (Fsp3) is 0.800. The van der Waals surface area contributed by atoms with E-state index in [1.165, 1.54) is 0 Å². The lowest BCUT2D eigenvalue weighted by molar-refractivity contribution is -0.435. The minimum absolute atomic E-state index is 0.119. The van der Waals surface area contributed by atoms with Crippen molar-refractivity contribution >= 4 is 11.8 Å². The fourth-order valence-corrected chi connectivity index (χ4v) is 1.92. The average molecular weight is 230 g/mol. The Kier molecular flexibility index (Phi) is 5.11. The molecule has 5 heteroatoms. The lowest BCUT2D eigenvalue weighted by Crippen LogP contribution is -2.54. The molecule has 1 rings (SSSR count). The molecule has 1 aromatic rings. The summed E-state index contributed by atoms with van der Waals surface area (Å²) in [5.41, 5.74) is 4.04. The summed E-state index contributed by atoms with van der Waals surface area (Å²) in [5, 5.41) is 8.68. The van der Waals surface area contributed by atoms with Crippen LogP contribution >= 0.6 is 11.8 Å². The van der Waals surface area contributed by atoms with Crippen LogP contribution in [0.15, 0.2) is 9.64 Å². The van der Waals surface area contributed by atoms with Crippen molar-refractivity contribution in [3.05, 3.63) is 5.89 Å². The third-order valence-corrected chi connectivity index (χ3v) is 2.98. The Morgan fingerprint density at radius 3 is 2.73 bits per heavy atom. The third-order valence-electron chi connectivity index (χ3n) is 1.96. The van der Waals surface area contributed by atoms with Crippen molar-refractivity contribution in [2.45, 2.75) is 44.9 Å². The molecule has 0 spiro atoms. The van der Waals surface area contributed by atoms with Crippen LogP contribution in [0.2, 0.25) is 0 Å². The van der Waals surface area contributed by atoms with Crippen molar-refractivity contribution in [1.82, 2.24) is 10.2 Å². The van der Waals surface area contributed by atoms with E-state index in [4.69, 9.17) is 4.42 Å². The molecule has 0 saturated carbocycles. The van der Waals surface area contributed by atoms with Crippen molar-refractivity contribution in [3.8, 4) is 0 Å². The first-order valence-electron chi connectivity index (χ1n) is 5.42.